The van der Waals surface area contributed by atoms with E-state index in [1.54, 1.807) is 12.3 Å². The van der Waals surface area contributed by atoms with Crippen LogP contribution in [0.1, 0.15) is 30.1 Å². The highest BCUT2D eigenvalue weighted by Gasteiger charge is 2.13. The summed E-state index contributed by atoms with van der Waals surface area (Å²) in [5, 5.41) is 19.1. The lowest BCUT2D eigenvalue weighted by Gasteiger charge is -2.11. The lowest BCUT2D eigenvalue weighted by molar-refractivity contribution is 0.0473. The molecule has 1 unspecified atom stereocenters. The van der Waals surface area contributed by atoms with Gasteiger partial charge in [0.2, 0.25) is 0 Å². The number of hydrogen-bond acceptors (Lipinski definition) is 5. The zero-order valence-electron chi connectivity index (χ0n) is 10.9. The van der Waals surface area contributed by atoms with E-state index in [0.29, 0.717) is 17.4 Å². The van der Waals surface area contributed by atoms with Gasteiger partial charge in [-0.2, -0.15) is 0 Å². The minimum Gasteiger partial charge on any atom is -0.478 e. The molecule has 0 fully saturated rings. The van der Waals surface area contributed by atoms with Gasteiger partial charge in [-0.25, -0.2) is 9.78 Å². The first-order valence-electron chi connectivity index (χ1n) is 6.22. The molecule has 1 rings (SSSR count). The Balaban J connectivity index is 2.37. The minimum atomic E-state index is -1.01. The van der Waals surface area contributed by atoms with Crippen molar-refractivity contribution in [1.29, 1.82) is 0 Å². The summed E-state index contributed by atoms with van der Waals surface area (Å²) in [6.07, 6.45) is 2.95. The Morgan fingerprint density at radius 3 is 3.05 bits per heavy atom. The number of unbranched alkanes of at least 4 members (excludes halogenated alkanes) is 1. The summed E-state index contributed by atoms with van der Waals surface area (Å²) in [6.45, 7) is 2.98. The number of thioether (sulfide) groups is 1. The molecule has 0 bridgehead atoms. The second kappa shape index (κ2) is 8.90. The molecule has 0 spiro atoms. The van der Waals surface area contributed by atoms with Crippen LogP contribution in [-0.4, -0.2) is 46.2 Å². The highest BCUT2D eigenvalue weighted by molar-refractivity contribution is 7.99. The quantitative estimate of drug-likeness (QED) is 0.534. The van der Waals surface area contributed by atoms with Crippen LogP contribution in [0.25, 0.3) is 0 Å². The molecule has 6 heteroatoms. The molecular formula is C13H19NO4S. The lowest BCUT2D eigenvalue weighted by Crippen LogP contribution is -2.18. The molecule has 0 saturated heterocycles. The summed E-state index contributed by atoms with van der Waals surface area (Å²) in [7, 11) is 0. The van der Waals surface area contributed by atoms with Crippen molar-refractivity contribution in [3.05, 3.63) is 23.9 Å². The number of aliphatic hydroxyl groups is 1. The van der Waals surface area contributed by atoms with E-state index in [2.05, 4.69) is 11.9 Å². The van der Waals surface area contributed by atoms with Crippen LogP contribution < -0.4 is 0 Å². The zero-order valence-corrected chi connectivity index (χ0v) is 11.7. The number of aromatic carboxylic acids is 1. The van der Waals surface area contributed by atoms with Crippen LogP contribution in [0.4, 0.5) is 0 Å². The number of carboxylic acid groups (broad SMARTS) is 1. The SMILES string of the molecule is CCCCOCC(O)CSc1ncccc1C(=O)O. The first-order valence-corrected chi connectivity index (χ1v) is 7.20. The summed E-state index contributed by atoms with van der Waals surface area (Å²) < 4.78 is 5.30. The molecule has 0 aliphatic heterocycles. The predicted molar refractivity (Wildman–Crippen MR) is 73.7 cm³/mol. The number of hydrogen-bond donors (Lipinski definition) is 2. The fourth-order valence-corrected chi connectivity index (χ4v) is 2.25. The van der Waals surface area contributed by atoms with Crippen LogP contribution in [-0.2, 0) is 4.74 Å². The first-order chi connectivity index (χ1) is 9.15. The zero-order chi connectivity index (χ0) is 14.1. The number of aliphatic hydroxyl groups excluding tert-OH is 1. The number of aromatic nitrogens is 1. The molecule has 0 radical (unpaired) electrons. The molecular weight excluding hydrogens is 266 g/mol. The second-order valence-electron chi connectivity index (χ2n) is 4.05. The van der Waals surface area contributed by atoms with Crippen LogP contribution in [0.2, 0.25) is 0 Å². The number of pyridine rings is 1. The number of ether oxygens (including phenoxy) is 1. The maximum Gasteiger partial charge on any atom is 0.338 e. The molecule has 0 amide bonds. The van der Waals surface area contributed by atoms with E-state index in [4.69, 9.17) is 9.84 Å². The number of carboxylic acids is 1. The van der Waals surface area contributed by atoms with Crippen LogP contribution in [0.3, 0.4) is 0 Å². The molecule has 0 saturated carbocycles. The van der Waals surface area contributed by atoms with Gasteiger partial charge in [-0.3, -0.25) is 0 Å². The average Bonchev–Trinajstić information content (AvgIpc) is 2.41. The van der Waals surface area contributed by atoms with Crippen LogP contribution in [0.5, 0.6) is 0 Å². The van der Waals surface area contributed by atoms with E-state index in [1.165, 1.54) is 17.8 Å². The van der Waals surface area contributed by atoms with Gasteiger partial charge in [0.15, 0.2) is 0 Å². The smallest absolute Gasteiger partial charge is 0.338 e. The summed E-state index contributed by atoms with van der Waals surface area (Å²) in [6, 6.07) is 3.08. The van der Waals surface area contributed by atoms with E-state index < -0.39 is 12.1 Å². The summed E-state index contributed by atoms with van der Waals surface area (Å²) in [4.78, 5) is 15.0. The van der Waals surface area contributed by atoms with E-state index in [-0.39, 0.29) is 12.2 Å². The normalized spacial score (nSPS) is 12.3. The second-order valence-corrected chi connectivity index (χ2v) is 5.06. The summed E-state index contributed by atoms with van der Waals surface area (Å²) in [5.41, 5.74) is 0.159. The molecule has 1 heterocycles. The van der Waals surface area contributed by atoms with Gasteiger partial charge in [-0.1, -0.05) is 13.3 Å². The molecule has 0 aliphatic rings. The number of nitrogens with zero attached hydrogens (tertiary/aromatic N) is 1. The standard InChI is InChI=1S/C13H19NO4S/c1-2-3-7-18-8-10(15)9-19-12-11(13(16)17)5-4-6-14-12/h4-6,10,15H,2-3,7-9H2,1H3,(H,16,17). The minimum absolute atomic E-state index is 0.159. The van der Waals surface area contributed by atoms with Crippen molar-refractivity contribution in [2.45, 2.75) is 30.9 Å². The Labute approximate surface area is 117 Å². The van der Waals surface area contributed by atoms with Crippen molar-refractivity contribution >= 4 is 17.7 Å². The molecule has 1 atom stereocenters. The Morgan fingerprint density at radius 2 is 2.37 bits per heavy atom. The van der Waals surface area contributed by atoms with Crippen molar-refractivity contribution in [3.8, 4) is 0 Å². The maximum absolute atomic E-state index is 11.0. The van der Waals surface area contributed by atoms with E-state index in [1.807, 2.05) is 0 Å². The Morgan fingerprint density at radius 1 is 1.58 bits per heavy atom. The number of rotatable bonds is 9. The highest BCUT2D eigenvalue weighted by Crippen LogP contribution is 2.20. The van der Waals surface area contributed by atoms with Gasteiger partial charge in [0.05, 0.1) is 18.3 Å². The molecule has 0 aromatic carbocycles. The average molecular weight is 285 g/mol. The summed E-state index contributed by atoms with van der Waals surface area (Å²) >= 11 is 1.23. The lowest BCUT2D eigenvalue weighted by atomic mass is 10.3. The van der Waals surface area contributed by atoms with Gasteiger partial charge < -0.3 is 14.9 Å². The van der Waals surface area contributed by atoms with Crippen molar-refractivity contribution in [3.63, 3.8) is 0 Å². The van der Waals surface area contributed by atoms with E-state index >= 15 is 0 Å². The highest BCUT2D eigenvalue weighted by atomic mass is 32.2. The maximum atomic E-state index is 11.0. The van der Waals surface area contributed by atoms with Gasteiger partial charge in [-0.05, 0) is 18.6 Å². The molecule has 5 nitrogen and oxygen atoms in total. The van der Waals surface area contributed by atoms with E-state index in [9.17, 15) is 9.90 Å². The van der Waals surface area contributed by atoms with Gasteiger partial charge in [-0.15, -0.1) is 11.8 Å². The topological polar surface area (TPSA) is 79.7 Å². The third-order valence-corrected chi connectivity index (χ3v) is 3.52. The van der Waals surface area contributed by atoms with Crippen molar-refractivity contribution in [2.24, 2.45) is 0 Å². The summed E-state index contributed by atoms with van der Waals surface area (Å²) in [5.74, 6) is -0.645. The predicted octanol–water partition coefficient (Wildman–Crippen LogP) is 2.05. The fraction of sp³-hybridized carbons (Fsp3) is 0.538. The largest absolute Gasteiger partial charge is 0.478 e. The van der Waals surface area contributed by atoms with Crippen LogP contribution >= 0.6 is 11.8 Å². The third kappa shape index (κ3) is 6.04. The van der Waals surface area contributed by atoms with Crippen molar-refractivity contribution in [1.82, 2.24) is 4.98 Å². The molecule has 106 valence electrons. The van der Waals surface area contributed by atoms with Crippen LogP contribution in [0.15, 0.2) is 23.4 Å². The van der Waals surface area contributed by atoms with Gasteiger partial charge in [0.25, 0.3) is 0 Å². The van der Waals surface area contributed by atoms with E-state index in [0.717, 1.165) is 12.8 Å². The molecule has 19 heavy (non-hydrogen) atoms. The Kier molecular flexibility index (Phi) is 7.47. The van der Waals surface area contributed by atoms with Crippen molar-refractivity contribution in [2.75, 3.05) is 19.0 Å². The molecule has 1 aromatic rings. The molecule has 0 aliphatic carbocycles. The van der Waals surface area contributed by atoms with Crippen molar-refractivity contribution < 1.29 is 19.7 Å². The Hall–Kier alpha value is -1.11. The van der Waals surface area contributed by atoms with Crippen LogP contribution in [0, 0.1) is 0 Å². The van der Waals surface area contributed by atoms with Gasteiger partial charge in [0, 0.05) is 18.6 Å². The number of carbonyl (C=O) groups is 1. The van der Waals surface area contributed by atoms with Gasteiger partial charge in [0.1, 0.15) is 5.03 Å². The fourth-order valence-electron chi connectivity index (χ4n) is 1.36. The third-order valence-electron chi connectivity index (χ3n) is 2.37. The monoisotopic (exact) mass is 285 g/mol. The molecule has 2 N–H and O–H groups in total. The molecule has 1 aromatic heterocycles. The Bertz CT molecular complexity index is 400. The van der Waals surface area contributed by atoms with Gasteiger partial charge >= 0.3 is 5.97 Å². The first kappa shape index (κ1) is 15.9.